The number of thioether (sulfide) groups is 1. The van der Waals surface area contributed by atoms with E-state index in [9.17, 15) is 0 Å². The Morgan fingerprint density at radius 2 is 2.22 bits per heavy atom. The maximum Gasteiger partial charge on any atom is 0.132 e. The van der Waals surface area contributed by atoms with Gasteiger partial charge in [-0.25, -0.2) is 4.98 Å². The van der Waals surface area contributed by atoms with E-state index in [1.54, 1.807) is 0 Å². The van der Waals surface area contributed by atoms with Gasteiger partial charge in [0.25, 0.3) is 0 Å². The van der Waals surface area contributed by atoms with E-state index in [4.69, 9.17) is 0 Å². The summed E-state index contributed by atoms with van der Waals surface area (Å²) in [4.78, 5) is 5.92. The Bertz CT molecular complexity index is 604. The largest absolute Gasteiger partial charge is 0.330 e. The second kappa shape index (κ2) is 4.74. The number of benzene rings is 1. The summed E-state index contributed by atoms with van der Waals surface area (Å²) < 4.78 is 3.08. The Labute approximate surface area is 120 Å². The molecule has 0 fully saturated rings. The van der Waals surface area contributed by atoms with E-state index in [2.05, 4.69) is 50.7 Å². The normalized spacial score (nSPS) is 14.6. The first-order chi connectivity index (χ1) is 8.66. The highest BCUT2D eigenvalue weighted by molar-refractivity contribution is 9.10. The van der Waals surface area contributed by atoms with Crippen LogP contribution in [0, 0.1) is 6.92 Å². The van der Waals surface area contributed by atoms with E-state index in [0.29, 0.717) is 0 Å². The molecule has 0 aliphatic carbocycles. The second-order valence-electron chi connectivity index (χ2n) is 4.63. The van der Waals surface area contributed by atoms with Gasteiger partial charge >= 0.3 is 0 Å². The van der Waals surface area contributed by atoms with Crippen LogP contribution in [0.1, 0.15) is 17.8 Å². The third-order valence-electron chi connectivity index (χ3n) is 3.46. The summed E-state index contributed by atoms with van der Waals surface area (Å²) in [6.07, 6.45) is 2.48. The number of hydrogen-bond acceptors (Lipinski definition) is 2. The van der Waals surface area contributed by atoms with Crippen LogP contribution in [0.4, 0.5) is 0 Å². The summed E-state index contributed by atoms with van der Waals surface area (Å²) in [7, 11) is 2.07. The highest BCUT2D eigenvalue weighted by atomic mass is 79.9. The standard InChI is InChI=1S/C14H15BrN2S/c1-9-16-14(15)13(17(9)2)11-5-6-12-10(8-11)4-3-7-18-12/h5-6,8H,3-4,7H2,1-2H3. The first-order valence-corrected chi connectivity index (χ1v) is 7.89. The molecule has 2 aromatic rings. The predicted octanol–water partition coefficient (Wildman–Crippen LogP) is 4.20. The van der Waals surface area contributed by atoms with Gasteiger partial charge in [0.15, 0.2) is 0 Å². The molecular formula is C14H15BrN2S. The zero-order valence-electron chi connectivity index (χ0n) is 10.5. The SMILES string of the molecule is Cc1nc(Br)c(-c2ccc3c(c2)CCCS3)n1C. The van der Waals surface area contributed by atoms with Gasteiger partial charge in [-0.3, -0.25) is 0 Å². The molecule has 0 spiro atoms. The zero-order chi connectivity index (χ0) is 12.7. The summed E-state index contributed by atoms with van der Waals surface area (Å²) in [5.74, 6) is 2.28. The molecule has 2 nitrogen and oxygen atoms in total. The molecule has 1 aromatic heterocycles. The molecule has 2 heterocycles. The van der Waals surface area contributed by atoms with Gasteiger partial charge in [-0.2, -0.15) is 0 Å². The van der Waals surface area contributed by atoms with E-state index >= 15 is 0 Å². The van der Waals surface area contributed by atoms with Gasteiger partial charge in [-0.05, 0) is 59.1 Å². The number of hydrogen-bond donors (Lipinski definition) is 0. The fourth-order valence-electron chi connectivity index (χ4n) is 2.39. The van der Waals surface area contributed by atoms with Crippen LogP contribution in [-0.4, -0.2) is 15.3 Å². The van der Waals surface area contributed by atoms with E-state index in [1.807, 2.05) is 18.7 Å². The number of rotatable bonds is 1. The molecule has 0 N–H and O–H groups in total. The molecule has 1 aliphatic rings. The van der Waals surface area contributed by atoms with Crippen LogP contribution in [-0.2, 0) is 13.5 Å². The van der Waals surface area contributed by atoms with Gasteiger partial charge in [-0.15, -0.1) is 11.8 Å². The lowest BCUT2D eigenvalue weighted by atomic mass is 10.0. The molecule has 0 saturated heterocycles. The molecule has 1 aliphatic heterocycles. The van der Waals surface area contributed by atoms with Crippen molar-refractivity contribution in [2.24, 2.45) is 7.05 Å². The molecule has 1 aromatic carbocycles. The third kappa shape index (κ3) is 2.01. The molecule has 0 amide bonds. The Hall–Kier alpha value is -0.740. The van der Waals surface area contributed by atoms with E-state index < -0.39 is 0 Å². The summed E-state index contributed by atoms with van der Waals surface area (Å²) >= 11 is 5.54. The van der Waals surface area contributed by atoms with Crippen LogP contribution >= 0.6 is 27.7 Å². The smallest absolute Gasteiger partial charge is 0.132 e. The molecule has 0 unspecified atom stereocenters. The second-order valence-corrected chi connectivity index (χ2v) is 6.52. The predicted molar refractivity (Wildman–Crippen MR) is 80.1 cm³/mol. The van der Waals surface area contributed by atoms with Crippen molar-refractivity contribution in [1.29, 1.82) is 0 Å². The van der Waals surface area contributed by atoms with E-state index in [1.165, 1.54) is 40.3 Å². The highest BCUT2D eigenvalue weighted by Crippen LogP contribution is 2.35. The minimum Gasteiger partial charge on any atom is -0.330 e. The third-order valence-corrected chi connectivity index (χ3v) is 5.21. The number of aromatic nitrogens is 2. The van der Waals surface area contributed by atoms with E-state index in [0.717, 1.165) is 10.4 Å². The lowest BCUT2D eigenvalue weighted by Crippen LogP contribution is -2.00. The maximum absolute atomic E-state index is 4.47. The van der Waals surface area contributed by atoms with Crippen molar-refractivity contribution in [2.45, 2.75) is 24.7 Å². The van der Waals surface area contributed by atoms with Crippen molar-refractivity contribution in [3.63, 3.8) is 0 Å². The van der Waals surface area contributed by atoms with Crippen LogP contribution in [0.15, 0.2) is 27.7 Å². The van der Waals surface area contributed by atoms with Crippen LogP contribution < -0.4 is 0 Å². The summed E-state index contributed by atoms with van der Waals surface area (Å²) in [6.45, 7) is 2.03. The van der Waals surface area contributed by atoms with Crippen LogP contribution in [0.25, 0.3) is 11.3 Å². The Morgan fingerprint density at radius 1 is 1.39 bits per heavy atom. The van der Waals surface area contributed by atoms with Crippen LogP contribution in [0.3, 0.4) is 0 Å². The van der Waals surface area contributed by atoms with Gasteiger partial charge in [-0.1, -0.05) is 6.07 Å². The molecular weight excluding hydrogens is 308 g/mol. The minimum atomic E-state index is 0.936. The lowest BCUT2D eigenvalue weighted by Gasteiger charge is -2.16. The van der Waals surface area contributed by atoms with Crippen molar-refractivity contribution in [3.8, 4) is 11.3 Å². The number of fused-ring (bicyclic) bond motifs is 1. The molecule has 3 rings (SSSR count). The number of nitrogens with zero attached hydrogens (tertiary/aromatic N) is 2. The summed E-state index contributed by atoms with van der Waals surface area (Å²) in [5.41, 5.74) is 3.91. The van der Waals surface area contributed by atoms with Gasteiger partial charge in [0.2, 0.25) is 0 Å². The first-order valence-electron chi connectivity index (χ1n) is 6.12. The molecule has 0 radical (unpaired) electrons. The quantitative estimate of drug-likeness (QED) is 0.783. The van der Waals surface area contributed by atoms with E-state index in [-0.39, 0.29) is 0 Å². The fourth-order valence-corrected chi connectivity index (χ4v) is 4.16. The van der Waals surface area contributed by atoms with Crippen molar-refractivity contribution >= 4 is 27.7 Å². The maximum atomic E-state index is 4.47. The molecule has 94 valence electrons. The minimum absolute atomic E-state index is 0.936. The number of aryl methyl sites for hydroxylation is 2. The summed E-state index contributed by atoms with van der Waals surface area (Å²) in [6, 6.07) is 6.78. The average molecular weight is 323 g/mol. The van der Waals surface area contributed by atoms with Gasteiger partial charge in [0, 0.05) is 17.5 Å². The van der Waals surface area contributed by atoms with Crippen molar-refractivity contribution < 1.29 is 0 Å². The Balaban J connectivity index is 2.12. The topological polar surface area (TPSA) is 17.8 Å². The Morgan fingerprint density at radius 3 is 2.94 bits per heavy atom. The van der Waals surface area contributed by atoms with Crippen molar-refractivity contribution in [3.05, 3.63) is 34.2 Å². The average Bonchev–Trinajstić information content (AvgIpc) is 2.63. The molecule has 4 heteroatoms. The molecule has 0 saturated carbocycles. The molecule has 0 bridgehead atoms. The Kier molecular flexibility index (Phi) is 3.24. The molecule has 0 atom stereocenters. The lowest BCUT2D eigenvalue weighted by molar-refractivity contribution is 0.862. The highest BCUT2D eigenvalue weighted by Gasteiger charge is 2.15. The van der Waals surface area contributed by atoms with Gasteiger partial charge in [0.05, 0.1) is 5.69 Å². The van der Waals surface area contributed by atoms with Crippen LogP contribution in [0.2, 0.25) is 0 Å². The zero-order valence-corrected chi connectivity index (χ0v) is 12.9. The number of halogens is 1. The van der Waals surface area contributed by atoms with Crippen LogP contribution in [0.5, 0.6) is 0 Å². The molecule has 18 heavy (non-hydrogen) atoms. The monoisotopic (exact) mass is 322 g/mol. The van der Waals surface area contributed by atoms with Gasteiger partial charge < -0.3 is 4.57 Å². The van der Waals surface area contributed by atoms with Gasteiger partial charge in [0.1, 0.15) is 10.4 Å². The van der Waals surface area contributed by atoms with Crippen molar-refractivity contribution in [1.82, 2.24) is 9.55 Å². The fraction of sp³-hybridized carbons (Fsp3) is 0.357. The summed E-state index contributed by atoms with van der Waals surface area (Å²) in [5, 5.41) is 0. The first kappa shape index (κ1) is 12.3. The number of imidazole rings is 1. The van der Waals surface area contributed by atoms with Crippen molar-refractivity contribution in [2.75, 3.05) is 5.75 Å².